The van der Waals surface area contributed by atoms with Crippen LogP contribution in [0, 0.1) is 5.82 Å². The predicted molar refractivity (Wildman–Crippen MR) is 99.8 cm³/mol. The van der Waals surface area contributed by atoms with Gasteiger partial charge in [-0.2, -0.15) is 13.2 Å². The van der Waals surface area contributed by atoms with Gasteiger partial charge in [0.2, 0.25) is 0 Å². The smallest absolute Gasteiger partial charge is 0.416 e. The third-order valence-corrected chi connectivity index (χ3v) is 4.16. The second-order valence-corrected chi connectivity index (χ2v) is 6.34. The van der Waals surface area contributed by atoms with Gasteiger partial charge in [0.25, 0.3) is 0 Å². The molecule has 2 aromatic carbocycles. The molecule has 0 fully saturated rings. The minimum absolute atomic E-state index is 0.0760. The van der Waals surface area contributed by atoms with E-state index in [1.165, 1.54) is 24.4 Å². The highest BCUT2D eigenvalue weighted by Crippen LogP contribution is 2.33. The average Bonchev–Trinajstić information content (AvgIpc) is 2.72. The van der Waals surface area contributed by atoms with Crippen LogP contribution >= 0.6 is 0 Å². The van der Waals surface area contributed by atoms with Gasteiger partial charge in [0.1, 0.15) is 18.5 Å². The number of halogens is 4. The molecule has 158 valence electrons. The number of fused-ring (bicyclic) bond motifs is 1. The van der Waals surface area contributed by atoms with Crippen LogP contribution in [0.3, 0.4) is 0 Å². The average molecular weight is 424 g/mol. The number of carbonyl (C=O) groups is 1. The summed E-state index contributed by atoms with van der Waals surface area (Å²) in [4.78, 5) is 16.2. The number of aliphatic hydroxyl groups excluding tert-OH is 2. The number of rotatable bonds is 6. The summed E-state index contributed by atoms with van der Waals surface area (Å²) in [5.41, 5.74) is -0.505. The summed E-state index contributed by atoms with van der Waals surface area (Å²) in [7, 11) is 0. The molecule has 0 saturated carbocycles. The van der Waals surface area contributed by atoms with Crippen molar-refractivity contribution in [2.75, 3.05) is 18.5 Å². The van der Waals surface area contributed by atoms with E-state index in [2.05, 4.69) is 10.3 Å². The Hall–Kier alpha value is -3.24. The highest BCUT2D eigenvalue weighted by molar-refractivity contribution is 5.99. The second kappa shape index (κ2) is 8.64. The molecule has 0 aliphatic heterocycles. The van der Waals surface area contributed by atoms with Crippen LogP contribution in [-0.2, 0) is 10.9 Å². The minimum Gasteiger partial charge on any atom is -0.459 e. The lowest BCUT2D eigenvalue weighted by molar-refractivity contribution is -0.137. The van der Waals surface area contributed by atoms with E-state index in [-0.39, 0.29) is 16.8 Å². The Kier molecular flexibility index (Phi) is 6.18. The Morgan fingerprint density at radius 2 is 1.90 bits per heavy atom. The van der Waals surface area contributed by atoms with Crippen LogP contribution in [0.15, 0.2) is 48.7 Å². The summed E-state index contributed by atoms with van der Waals surface area (Å²) in [5, 5.41) is 21.3. The van der Waals surface area contributed by atoms with Crippen LogP contribution in [0.5, 0.6) is 0 Å². The maximum Gasteiger partial charge on any atom is 0.416 e. The van der Waals surface area contributed by atoms with Crippen molar-refractivity contribution in [3.05, 3.63) is 65.6 Å². The fourth-order valence-corrected chi connectivity index (χ4v) is 2.68. The first-order valence-corrected chi connectivity index (χ1v) is 8.67. The lowest BCUT2D eigenvalue weighted by Crippen LogP contribution is -2.22. The van der Waals surface area contributed by atoms with E-state index in [4.69, 9.17) is 9.84 Å². The minimum atomic E-state index is -4.52. The summed E-state index contributed by atoms with van der Waals surface area (Å²) in [5.74, 6) is -1.67. The maximum atomic E-state index is 13.7. The zero-order chi connectivity index (χ0) is 21.9. The van der Waals surface area contributed by atoms with Gasteiger partial charge in [-0.15, -0.1) is 0 Å². The van der Waals surface area contributed by atoms with Crippen molar-refractivity contribution in [3.8, 4) is 0 Å². The number of ether oxygens (including phenoxy) is 1. The Bertz CT molecular complexity index is 1070. The number of pyridine rings is 1. The second-order valence-electron chi connectivity index (χ2n) is 6.34. The predicted octanol–water partition coefficient (Wildman–Crippen LogP) is 3.65. The molecule has 0 radical (unpaired) electrons. The van der Waals surface area contributed by atoms with Gasteiger partial charge < -0.3 is 20.3 Å². The molecule has 6 nitrogen and oxygen atoms in total. The number of nitrogens with zero attached hydrogens (tertiary/aromatic N) is 1. The van der Waals surface area contributed by atoms with E-state index >= 15 is 0 Å². The zero-order valence-electron chi connectivity index (χ0n) is 15.3. The summed E-state index contributed by atoms with van der Waals surface area (Å²) in [6, 6.07) is 7.82. The standard InChI is InChI=1S/C20H16F4N2O4/c21-12-2-4-16(15(8-12)19(29)30-10-13(28)9-27)26-17-5-6-25-18-7-11(20(22,23)24)1-3-14(17)18/h1-8,13,27-28H,9-10H2,(H,25,26). The van der Waals surface area contributed by atoms with Crippen molar-refractivity contribution in [3.63, 3.8) is 0 Å². The molecule has 3 aromatic rings. The number of alkyl halides is 3. The lowest BCUT2D eigenvalue weighted by Gasteiger charge is -2.15. The topological polar surface area (TPSA) is 91.7 Å². The van der Waals surface area contributed by atoms with E-state index in [1.807, 2.05) is 0 Å². The van der Waals surface area contributed by atoms with Crippen LogP contribution in [0.1, 0.15) is 15.9 Å². The Balaban J connectivity index is 1.94. The monoisotopic (exact) mass is 424 g/mol. The number of esters is 1. The summed E-state index contributed by atoms with van der Waals surface area (Å²) < 4.78 is 57.3. The first-order chi connectivity index (χ1) is 14.2. The quantitative estimate of drug-likeness (QED) is 0.413. The molecule has 1 atom stereocenters. The highest BCUT2D eigenvalue weighted by atomic mass is 19.4. The molecule has 0 spiro atoms. The normalized spacial score (nSPS) is 12.6. The van der Waals surface area contributed by atoms with Gasteiger partial charge >= 0.3 is 12.1 Å². The maximum absolute atomic E-state index is 13.7. The van der Waals surface area contributed by atoms with Gasteiger partial charge in [-0.25, -0.2) is 9.18 Å². The number of hydrogen-bond donors (Lipinski definition) is 3. The Morgan fingerprint density at radius 1 is 1.13 bits per heavy atom. The van der Waals surface area contributed by atoms with E-state index in [0.29, 0.717) is 11.1 Å². The van der Waals surface area contributed by atoms with Crippen molar-refractivity contribution in [1.29, 1.82) is 0 Å². The largest absolute Gasteiger partial charge is 0.459 e. The SMILES string of the molecule is O=C(OCC(O)CO)c1cc(F)ccc1Nc1ccnc2cc(C(F)(F)F)ccc12. The van der Waals surface area contributed by atoms with Gasteiger partial charge in [-0.1, -0.05) is 6.07 Å². The number of aromatic nitrogens is 1. The Morgan fingerprint density at radius 3 is 2.60 bits per heavy atom. The molecular weight excluding hydrogens is 408 g/mol. The molecule has 1 unspecified atom stereocenters. The number of hydrogen-bond acceptors (Lipinski definition) is 6. The van der Waals surface area contributed by atoms with Crippen molar-refractivity contribution in [2.45, 2.75) is 12.3 Å². The molecule has 0 bridgehead atoms. The van der Waals surface area contributed by atoms with Gasteiger partial charge in [0.05, 0.1) is 28.9 Å². The van der Waals surface area contributed by atoms with Crippen LogP contribution in [0.2, 0.25) is 0 Å². The van der Waals surface area contributed by atoms with Crippen LogP contribution in [-0.4, -0.2) is 40.5 Å². The summed E-state index contributed by atoms with van der Waals surface area (Å²) in [6.45, 7) is -1.12. The molecule has 30 heavy (non-hydrogen) atoms. The summed E-state index contributed by atoms with van der Waals surface area (Å²) in [6.07, 6.45) is -4.51. The fraction of sp³-hybridized carbons (Fsp3) is 0.200. The molecule has 1 aromatic heterocycles. The molecule has 1 heterocycles. The molecule has 0 aliphatic rings. The third kappa shape index (κ3) is 4.84. The van der Waals surface area contributed by atoms with E-state index in [0.717, 1.165) is 24.3 Å². The van der Waals surface area contributed by atoms with Crippen LogP contribution in [0.25, 0.3) is 10.9 Å². The van der Waals surface area contributed by atoms with Crippen molar-refractivity contribution < 1.29 is 37.3 Å². The lowest BCUT2D eigenvalue weighted by atomic mass is 10.1. The number of benzene rings is 2. The highest BCUT2D eigenvalue weighted by Gasteiger charge is 2.30. The number of anilines is 2. The molecule has 0 amide bonds. The van der Waals surface area contributed by atoms with Crippen LogP contribution in [0.4, 0.5) is 28.9 Å². The number of carbonyl (C=O) groups excluding carboxylic acids is 1. The molecule has 3 rings (SSSR count). The van der Waals surface area contributed by atoms with E-state index in [1.54, 1.807) is 0 Å². The third-order valence-electron chi connectivity index (χ3n) is 4.16. The van der Waals surface area contributed by atoms with Crippen molar-refractivity contribution >= 4 is 28.2 Å². The molecule has 10 heteroatoms. The molecule has 3 N–H and O–H groups in total. The first-order valence-electron chi connectivity index (χ1n) is 8.67. The van der Waals surface area contributed by atoms with Crippen molar-refractivity contribution in [2.24, 2.45) is 0 Å². The van der Waals surface area contributed by atoms with Crippen molar-refractivity contribution in [1.82, 2.24) is 4.98 Å². The van der Waals surface area contributed by atoms with E-state index in [9.17, 15) is 27.5 Å². The number of aliphatic hydroxyl groups is 2. The fourth-order valence-electron chi connectivity index (χ4n) is 2.68. The van der Waals surface area contributed by atoms with Gasteiger partial charge in [0, 0.05) is 17.3 Å². The van der Waals surface area contributed by atoms with Gasteiger partial charge in [-0.05, 0) is 36.4 Å². The Labute approximate surface area is 167 Å². The summed E-state index contributed by atoms with van der Waals surface area (Å²) >= 11 is 0. The number of nitrogens with one attached hydrogen (secondary N) is 1. The molecule has 0 aliphatic carbocycles. The molecule has 0 saturated heterocycles. The molecular formula is C20H16F4N2O4. The van der Waals surface area contributed by atoms with Gasteiger partial charge in [0.15, 0.2) is 0 Å². The van der Waals surface area contributed by atoms with E-state index < -0.39 is 42.8 Å². The zero-order valence-corrected chi connectivity index (χ0v) is 15.3. The first kappa shape index (κ1) is 21.5. The van der Waals surface area contributed by atoms with Crippen LogP contribution < -0.4 is 5.32 Å². The van der Waals surface area contributed by atoms with Gasteiger partial charge in [-0.3, -0.25) is 4.98 Å².